The summed E-state index contributed by atoms with van der Waals surface area (Å²) in [7, 11) is 0. The van der Waals surface area contributed by atoms with Crippen molar-refractivity contribution in [2.45, 2.75) is 39.2 Å². The predicted molar refractivity (Wildman–Crippen MR) is 77.7 cm³/mol. The molecule has 0 saturated carbocycles. The highest BCUT2D eigenvalue weighted by atomic mass is 35.5. The van der Waals surface area contributed by atoms with E-state index in [1.165, 1.54) is 0 Å². The van der Waals surface area contributed by atoms with Crippen LogP contribution < -0.4 is 5.32 Å². The molecular weight excluding hydrogens is 269 g/mol. The molecule has 0 aliphatic carbocycles. The molecule has 0 aromatic heterocycles. The minimum Gasteiger partial charge on any atom is -0.347 e. The molecule has 1 amide bonds. The Morgan fingerprint density at radius 3 is 2.67 bits per heavy atom. The van der Waals surface area contributed by atoms with Crippen LogP contribution in [0.3, 0.4) is 0 Å². The number of aryl methyl sites for hydroxylation is 1. The summed E-state index contributed by atoms with van der Waals surface area (Å²) in [5, 5.41) is 3.62. The Kier molecular flexibility index (Phi) is 5.48. The smallest absolute Gasteiger partial charge is 0.252 e. The Balaban J connectivity index is 2.90. The van der Waals surface area contributed by atoms with Crippen LogP contribution in [0.4, 0.5) is 0 Å². The summed E-state index contributed by atoms with van der Waals surface area (Å²) in [5.74, 6) is 0.434. The maximum atomic E-state index is 12.3. The Morgan fingerprint density at radius 1 is 1.44 bits per heavy atom. The molecular formula is C14H19Cl2NO. The fraction of sp³-hybridized carbons (Fsp3) is 0.500. The first kappa shape index (κ1) is 15.3. The second kappa shape index (κ2) is 6.44. The molecule has 0 bridgehead atoms. The Labute approximate surface area is 119 Å². The number of hydrogen-bond acceptors (Lipinski definition) is 1. The van der Waals surface area contributed by atoms with E-state index in [2.05, 4.69) is 5.32 Å². The summed E-state index contributed by atoms with van der Waals surface area (Å²) >= 11 is 11.7. The van der Waals surface area contributed by atoms with E-state index in [0.29, 0.717) is 16.5 Å². The van der Waals surface area contributed by atoms with Gasteiger partial charge in [0.25, 0.3) is 5.91 Å². The van der Waals surface area contributed by atoms with E-state index in [4.69, 9.17) is 23.2 Å². The van der Waals surface area contributed by atoms with Crippen molar-refractivity contribution >= 4 is 29.1 Å². The van der Waals surface area contributed by atoms with Crippen LogP contribution in [-0.4, -0.2) is 17.3 Å². The van der Waals surface area contributed by atoms with E-state index in [1.54, 1.807) is 12.1 Å². The standard InChI is InChI=1S/C14H19Cl2NO/c1-4-14(3,7-8-15)17-13(18)12-9-11(16)6-5-10(12)2/h5-6,9H,4,7-8H2,1-3H3,(H,17,18). The second-order valence-electron chi connectivity index (χ2n) is 4.77. The first-order chi connectivity index (χ1) is 8.41. The number of hydrogen-bond donors (Lipinski definition) is 1. The zero-order valence-corrected chi connectivity index (χ0v) is 12.5. The van der Waals surface area contributed by atoms with E-state index in [1.807, 2.05) is 26.8 Å². The highest BCUT2D eigenvalue weighted by Gasteiger charge is 2.24. The third-order valence-corrected chi connectivity index (χ3v) is 3.71. The van der Waals surface area contributed by atoms with Crippen molar-refractivity contribution in [1.82, 2.24) is 5.32 Å². The molecule has 0 fully saturated rings. The number of carbonyl (C=O) groups is 1. The van der Waals surface area contributed by atoms with Crippen LogP contribution in [0.25, 0.3) is 0 Å². The Hall–Kier alpha value is -0.730. The Morgan fingerprint density at radius 2 is 2.11 bits per heavy atom. The normalized spacial score (nSPS) is 14.1. The fourth-order valence-corrected chi connectivity index (χ4v) is 2.31. The first-order valence-electron chi connectivity index (χ1n) is 6.06. The van der Waals surface area contributed by atoms with Crippen LogP contribution in [0.5, 0.6) is 0 Å². The minimum absolute atomic E-state index is 0.0931. The van der Waals surface area contributed by atoms with E-state index in [9.17, 15) is 4.79 Å². The van der Waals surface area contributed by atoms with E-state index in [0.717, 1.165) is 18.4 Å². The quantitative estimate of drug-likeness (QED) is 0.809. The molecule has 1 N–H and O–H groups in total. The molecule has 1 rings (SSSR count). The molecule has 2 nitrogen and oxygen atoms in total. The lowest BCUT2D eigenvalue weighted by Gasteiger charge is -2.29. The molecule has 4 heteroatoms. The molecule has 18 heavy (non-hydrogen) atoms. The van der Waals surface area contributed by atoms with Crippen LogP contribution in [0.1, 0.15) is 42.6 Å². The van der Waals surface area contributed by atoms with Gasteiger partial charge in [-0.15, -0.1) is 11.6 Å². The third kappa shape index (κ3) is 3.89. The lowest BCUT2D eigenvalue weighted by molar-refractivity contribution is 0.0901. The van der Waals surface area contributed by atoms with Gasteiger partial charge in [-0.05, 0) is 44.4 Å². The topological polar surface area (TPSA) is 29.1 Å². The van der Waals surface area contributed by atoms with E-state index < -0.39 is 0 Å². The summed E-state index contributed by atoms with van der Waals surface area (Å²) in [4.78, 5) is 12.3. The average molecular weight is 288 g/mol. The van der Waals surface area contributed by atoms with Crippen LogP contribution in [0, 0.1) is 6.92 Å². The fourth-order valence-electron chi connectivity index (χ4n) is 1.72. The number of carbonyl (C=O) groups excluding carboxylic acids is 1. The highest BCUT2D eigenvalue weighted by molar-refractivity contribution is 6.31. The van der Waals surface area contributed by atoms with Gasteiger partial charge in [-0.2, -0.15) is 0 Å². The van der Waals surface area contributed by atoms with Crippen LogP contribution >= 0.6 is 23.2 Å². The molecule has 0 spiro atoms. The average Bonchev–Trinajstić information content (AvgIpc) is 2.32. The zero-order valence-electron chi connectivity index (χ0n) is 11.0. The first-order valence-corrected chi connectivity index (χ1v) is 6.98. The molecule has 0 heterocycles. The molecule has 1 aromatic rings. The molecule has 1 aromatic carbocycles. The van der Waals surface area contributed by atoms with Crippen molar-refractivity contribution < 1.29 is 4.79 Å². The number of rotatable bonds is 5. The molecule has 100 valence electrons. The predicted octanol–water partition coefficient (Wildman–Crippen LogP) is 4.18. The van der Waals surface area contributed by atoms with Crippen molar-refractivity contribution in [3.05, 3.63) is 34.3 Å². The number of alkyl halides is 1. The van der Waals surface area contributed by atoms with Gasteiger partial charge in [0.05, 0.1) is 0 Å². The largest absolute Gasteiger partial charge is 0.347 e. The number of benzene rings is 1. The van der Waals surface area contributed by atoms with Gasteiger partial charge in [-0.3, -0.25) is 4.79 Å². The maximum Gasteiger partial charge on any atom is 0.252 e. The van der Waals surface area contributed by atoms with Crippen molar-refractivity contribution in [3.8, 4) is 0 Å². The van der Waals surface area contributed by atoms with Crippen molar-refractivity contribution in [3.63, 3.8) is 0 Å². The monoisotopic (exact) mass is 287 g/mol. The number of halogens is 2. The number of nitrogens with one attached hydrogen (secondary N) is 1. The van der Waals surface area contributed by atoms with Crippen molar-refractivity contribution in [1.29, 1.82) is 0 Å². The zero-order chi connectivity index (χ0) is 13.8. The molecule has 1 atom stereocenters. The van der Waals surface area contributed by atoms with Crippen LogP contribution in [0.15, 0.2) is 18.2 Å². The highest BCUT2D eigenvalue weighted by Crippen LogP contribution is 2.19. The maximum absolute atomic E-state index is 12.3. The van der Waals surface area contributed by atoms with Gasteiger partial charge in [0.2, 0.25) is 0 Å². The van der Waals surface area contributed by atoms with Crippen LogP contribution in [0.2, 0.25) is 5.02 Å². The summed E-state index contributed by atoms with van der Waals surface area (Å²) in [5.41, 5.74) is 1.27. The SMILES string of the molecule is CCC(C)(CCCl)NC(=O)c1cc(Cl)ccc1C. The van der Waals surface area contributed by atoms with E-state index >= 15 is 0 Å². The van der Waals surface area contributed by atoms with Gasteiger partial charge < -0.3 is 5.32 Å². The third-order valence-electron chi connectivity index (χ3n) is 3.29. The van der Waals surface area contributed by atoms with Gasteiger partial charge in [0.1, 0.15) is 0 Å². The number of amides is 1. The lowest BCUT2D eigenvalue weighted by Crippen LogP contribution is -2.46. The van der Waals surface area contributed by atoms with Gasteiger partial charge in [-0.1, -0.05) is 24.6 Å². The van der Waals surface area contributed by atoms with Crippen LogP contribution in [-0.2, 0) is 0 Å². The van der Waals surface area contributed by atoms with Crippen molar-refractivity contribution in [2.24, 2.45) is 0 Å². The second-order valence-corrected chi connectivity index (χ2v) is 5.58. The molecule has 0 saturated heterocycles. The molecule has 1 unspecified atom stereocenters. The molecule has 0 radical (unpaired) electrons. The Bertz CT molecular complexity index is 434. The minimum atomic E-state index is -0.270. The summed E-state index contributed by atoms with van der Waals surface area (Å²) in [6.07, 6.45) is 1.58. The molecule has 0 aliphatic heterocycles. The van der Waals surface area contributed by atoms with Gasteiger partial charge in [0.15, 0.2) is 0 Å². The van der Waals surface area contributed by atoms with Crippen molar-refractivity contribution in [2.75, 3.05) is 5.88 Å². The van der Waals surface area contributed by atoms with Gasteiger partial charge >= 0.3 is 0 Å². The summed E-state index contributed by atoms with van der Waals surface area (Å²) < 4.78 is 0. The summed E-state index contributed by atoms with van der Waals surface area (Å²) in [6.45, 7) is 5.95. The van der Waals surface area contributed by atoms with E-state index in [-0.39, 0.29) is 11.4 Å². The van der Waals surface area contributed by atoms with Gasteiger partial charge in [-0.25, -0.2) is 0 Å². The lowest BCUT2D eigenvalue weighted by atomic mass is 9.94. The summed E-state index contributed by atoms with van der Waals surface area (Å²) in [6, 6.07) is 5.33. The van der Waals surface area contributed by atoms with Gasteiger partial charge in [0, 0.05) is 22.0 Å². The molecule has 0 aliphatic rings.